The maximum absolute atomic E-state index is 12.4. The number of thiophene rings is 1. The summed E-state index contributed by atoms with van der Waals surface area (Å²) >= 11 is 0.925. The molecule has 0 aromatic carbocycles. The van der Waals surface area contributed by atoms with Gasteiger partial charge in [-0.25, -0.2) is 4.79 Å². The van der Waals surface area contributed by atoms with Crippen molar-refractivity contribution < 1.29 is 28.5 Å². The molecule has 0 fully saturated rings. The van der Waals surface area contributed by atoms with Crippen molar-refractivity contribution in [3.05, 3.63) is 46.1 Å². The molecule has 0 unspecified atom stereocenters. The van der Waals surface area contributed by atoms with E-state index in [1.165, 1.54) is 6.92 Å². The average molecular weight is 390 g/mol. The normalized spacial score (nSPS) is 10.3. The van der Waals surface area contributed by atoms with Crippen LogP contribution < -0.4 is 15.6 Å². The Bertz CT molecular complexity index is 920. The fourth-order valence-electron chi connectivity index (χ4n) is 2.45. The van der Waals surface area contributed by atoms with Gasteiger partial charge in [0.1, 0.15) is 5.00 Å². The van der Waals surface area contributed by atoms with Crippen LogP contribution in [0.5, 0.6) is 0 Å². The number of hydrogen-bond donors (Lipinski definition) is 2. The second kappa shape index (κ2) is 8.54. The van der Waals surface area contributed by atoms with Gasteiger partial charge in [0.2, 0.25) is 6.54 Å². The standard InChI is InChI=1S/C18H19N3O5S/c1-4-26-18(25)14-10(2)15(16(19)24)27-17(14)20-13(23)9-21-7-5-6-12(8-21)11(3)22/h5-8H,4,9H2,1-3H3,(H2-,19,20,23,24,25)/p+1. The Morgan fingerprint density at radius 2 is 2.00 bits per heavy atom. The maximum Gasteiger partial charge on any atom is 0.341 e. The molecule has 0 bridgehead atoms. The van der Waals surface area contributed by atoms with Gasteiger partial charge in [0, 0.05) is 6.07 Å². The Labute approximate surface area is 159 Å². The third-order valence-corrected chi connectivity index (χ3v) is 4.92. The third-order valence-electron chi connectivity index (χ3n) is 3.69. The number of esters is 1. The summed E-state index contributed by atoms with van der Waals surface area (Å²) < 4.78 is 6.55. The zero-order chi connectivity index (χ0) is 20.1. The molecule has 2 heterocycles. The predicted molar refractivity (Wildman–Crippen MR) is 98.8 cm³/mol. The minimum Gasteiger partial charge on any atom is -0.462 e. The number of amides is 2. The number of anilines is 1. The summed E-state index contributed by atoms with van der Waals surface area (Å²) in [5.74, 6) is -1.87. The molecular weight excluding hydrogens is 370 g/mol. The number of nitrogens with zero attached hydrogens (tertiary/aromatic N) is 1. The first-order valence-corrected chi connectivity index (χ1v) is 8.96. The minimum atomic E-state index is -0.688. The third kappa shape index (κ3) is 4.76. The van der Waals surface area contributed by atoms with Gasteiger partial charge in [0.15, 0.2) is 18.2 Å². The van der Waals surface area contributed by atoms with E-state index in [1.54, 1.807) is 42.9 Å². The first-order chi connectivity index (χ1) is 12.7. The van der Waals surface area contributed by atoms with Crippen molar-refractivity contribution in [1.29, 1.82) is 0 Å². The van der Waals surface area contributed by atoms with Crippen molar-refractivity contribution in [1.82, 2.24) is 0 Å². The lowest BCUT2D eigenvalue weighted by Gasteiger charge is -2.06. The predicted octanol–water partition coefficient (Wildman–Crippen LogP) is 1.46. The summed E-state index contributed by atoms with van der Waals surface area (Å²) in [5.41, 5.74) is 6.30. The highest BCUT2D eigenvalue weighted by molar-refractivity contribution is 7.18. The van der Waals surface area contributed by atoms with Gasteiger partial charge in [-0.2, -0.15) is 4.57 Å². The number of aromatic nitrogens is 1. The Morgan fingerprint density at radius 3 is 2.59 bits per heavy atom. The molecule has 0 saturated heterocycles. The van der Waals surface area contributed by atoms with Crippen LogP contribution in [-0.4, -0.2) is 30.2 Å². The number of hydrogen-bond acceptors (Lipinski definition) is 6. The Morgan fingerprint density at radius 1 is 1.30 bits per heavy atom. The second-order valence-electron chi connectivity index (χ2n) is 5.71. The van der Waals surface area contributed by atoms with Gasteiger partial charge in [0.25, 0.3) is 11.8 Å². The van der Waals surface area contributed by atoms with E-state index in [2.05, 4.69) is 5.32 Å². The van der Waals surface area contributed by atoms with Gasteiger partial charge in [-0.3, -0.25) is 14.4 Å². The number of nitrogens with two attached hydrogens (primary N) is 1. The van der Waals surface area contributed by atoms with Crippen LogP contribution in [0.15, 0.2) is 24.5 Å². The monoisotopic (exact) mass is 390 g/mol. The quantitative estimate of drug-likeness (QED) is 0.421. The van der Waals surface area contributed by atoms with E-state index in [0.717, 1.165) is 11.3 Å². The number of carbonyl (C=O) groups is 4. The molecule has 0 saturated carbocycles. The van der Waals surface area contributed by atoms with Gasteiger partial charge >= 0.3 is 5.97 Å². The number of pyridine rings is 1. The fraction of sp³-hybridized carbons (Fsp3) is 0.278. The van der Waals surface area contributed by atoms with Crippen molar-refractivity contribution in [3.63, 3.8) is 0 Å². The van der Waals surface area contributed by atoms with E-state index in [9.17, 15) is 19.2 Å². The molecule has 142 valence electrons. The number of Topliss-reactive ketones (excluding diaryl/α,β-unsaturated/α-hetero) is 1. The van der Waals surface area contributed by atoms with E-state index < -0.39 is 17.8 Å². The SMILES string of the molecule is CCOC(=O)c1c(NC(=O)C[n+]2cccc(C(C)=O)c2)sc(C(N)=O)c1C. The molecule has 0 atom stereocenters. The zero-order valence-electron chi connectivity index (χ0n) is 15.2. The fourth-order valence-corrected chi connectivity index (χ4v) is 3.51. The van der Waals surface area contributed by atoms with Crippen molar-refractivity contribution in [3.8, 4) is 0 Å². The lowest BCUT2D eigenvalue weighted by molar-refractivity contribution is -0.684. The summed E-state index contributed by atoms with van der Waals surface area (Å²) in [4.78, 5) is 47.8. The highest BCUT2D eigenvalue weighted by Gasteiger charge is 2.26. The lowest BCUT2D eigenvalue weighted by Crippen LogP contribution is -2.40. The van der Waals surface area contributed by atoms with Crippen LogP contribution >= 0.6 is 11.3 Å². The summed E-state index contributed by atoms with van der Waals surface area (Å²) in [6, 6.07) is 3.31. The lowest BCUT2D eigenvalue weighted by atomic mass is 10.1. The summed E-state index contributed by atoms with van der Waals surface area (Å²) in [6.07, 6.45) is 3.20. The van der Waals surface area contributed by atoms with Crippen LogP contribution in [0, 0.1) is 6.92 Å². The zero-order valence-corrected chi connectivity index (χ0v) is 16.0. The van der Waals surface area contributed by atoms with Crippen molar-refractivity contribution in [2.24, 2.45) is 5.73 Å². The van der Waals surface area contributed by atoms with E-state index in [4.69, 9.17) is 10.5 Å². The Hall–Kier alpha value is -3.07. The molecule has 0 aliphatic heterocycles. The summed E-state index contributed by atoms with van der Waals surface area (Å²) in [6.45, 7) is 4.74. The maximum atomic E-state index is 12.4. The molecule has 2 amide bonds. The molecule has 3 N–H and O–H groups in total. The van der Waals surface area contributed by atoms with Crippen molar-refractivity contribution in [2.75, 3.05) is 11.9 Å². The number of nitrogens with one attached hydrogen (secondary N) is 1. The molecule has 0 aliphatic carbocycles. The van der Waals surface area contributed by atoms with Crippen molar-refractivity contribution in [2.45, 2.75) is 27.3 Å². The molecule has 0 spiro atoms. The van der Waals surface area contributed by atoms with Gasteiger partial charge in [-0.15, -0.1) is 11.3 Å². The van der Waals surface area contributed by atoms with Gasteiger partial charge in [-0.05, 0) is 32.4 Å². The highest BCUT2D eigenvalue weighted by Crippen LogP contribution is 2.33. The number of carbonyl (C=O) groups excluding carboxylic acids is 4. The first-order valence-electron chi connectivity index (χ1n) is 8.14. The van der Waals surface area contributed by atoms with Gasteiger partial charge in [0.05, 0.1) is 22.6 Å². The number of primary amides is 1. The average Bonchev–Trinajstić information content (AvgIpc) is 2.91. The molecule has 2 rings (SSSR count). The molecule has 2 aromatic heterocycles. The summed E-state index contributed by atoms with van der Waals surface area (Å²) in [7, 11) is 0. The molecule has 27 heavy (non-hydrogen) atoms. The molecule has 2 aromatic rings. The molecule has 0 aliphatic rings. The van der Waals surface area contributed by atoms with E-state index in [-0.39, 0.29) is 34.4 Å². The van der Waals surface area contributed by atoms with E-state index >= 15 is 0 Å². The molecule has 9 heteroatoms. The highest BCUT2D eigenvalue weighted by atomic mass is 32.1. The van der Waals surface area contributed by atoms with E-state index in [1.807, 2.05) is 0 Å². The van der Waals surface area contributed by atoms with Crippen LogP contribution in [-0.2, 0) is 16.1 Å². The minimum absolute atomic E-state index is 0.0771. The van der Waals surface area contributed by atoms with Crippen LogP contribution in [0.25, 0.3) is 0 Å². The Kier molecular flexibility index (Phi) is 6.40. The number of ketones is 1. The van der Waals surface area contributed by atoms with Crippen LogP contribution in [0.4, 0.5) is 5.00 Å². The first kappa shape index (κ1) is 20.2. The topological polar surface area (TPSA) is 119 Å². The number of ether oxygens (including phenoxy) is 1. The van der Waals surface area contributed by atoms with Crippen LogP contribution in [0.2, 0.25) is 0 Å². The largest absolute Gasteiger partial charge is 0.462 e. The Balaban J connectivity index is 2.27. The molecule has 8 nitrogen and oxygen atoms in total. The molecule has 0 radical (unpaired) electrons. The van der Waals surface area contributed by atoms with E-state index in [0.29, 0.717) is 11.1 Å². The summed E-state index contributed by atoms with van der Waals surface area (Å²) in [5, 5.41) is 2.83. The van der Waals surface area contributed by atoms with Crippen molar-refractivity contribution >= 4 is 39.9 Å². The second-order valence-corrected chi connectivity index (χ2v) is 6.73. The molecular formula is C18H20N3O5S+. The number of rotatable bonds is 7. The van der Waals surface area contributed by atoms with Gasteiger partial charge in [-0.1, -0.05) is 0 Å². The van der Waals surface area contributed by atoms with Crippen LogP contribution in [0.3, 0.4) is 0 Å². The smallest absolute Gasteiger partial charge is 0.341 e. The van der Waals surface area contributed by atoms with Crippen LogP contribution in [0.1, 0.15) is 49.8 Å². The van der Waals surface area contributed by atoms with Gasteiger partial charge < -0.3 is 15.8 Å².